The summed E-state index contributed by atoms with van der Waals surface area (Å²) >= 11 is 9.58. The Bertz CT molecular complexity index is 752. The third-order valence-electron chi connectivity index (χ3n) is 3.40. The Morgan fingerprint density at radius 2 is 1.67 bits per heavy atom. The molecule has 0 atom stereocenters. The molecule has 128 valence electrons. The molecule has 0 unspecified atom stereocenters. The van der Waals surface area contributed by atoms with Gasteiger partial charge in [0.1, 0.15) is 5.75 Å². The molecule has 0 heterocycles. The summed E-state index contributed by atoms with van der Waals surface area (Å²) in [7, 11) is 4.60. The SMILES string of the molecule is COc1cc(Cl)c(CNC(=O)c2cc(Br)ccc2OC)cc1OC. The summed E-state index contributed by atoms with van der Waals surface area (Å²) in [5.74, 6) is 1.31. The summed E-state index contributed by atoms with van der Waals surface area (Å²) in [5.41, 5.74) is 1.15. The van der Waals surface area contributed by atoms with Crippen molar-refractivity contribution in [3.05, 3.63) is 51.0 Å². The second kappa shape index (κ2) is 8.26. The summed E-state index contributed by atoms with van der Waals surface area (Å²) in [6.45, 7) is 0.244. The molecule has 1 amide bonds. The Labute approximate surface area is 154 Å². The van der Waals surface area contributed by atoms with Crippen molar-refractivity contribution >= 4 is 33.4 Å². The van der Waals surface area contributed by atoms with Gasteiger partial charge in [-0.05, 0) is 29.8 Å². The van der Waals surface area contributed by atoms with Gasteiger partial charge in [-0.15, -0.1) is 0 Å². The number of benzene rings is 2. The van der Waals surface area contributed by atoms with Crippen molar-refractivity contribution in [3.63, 3.8) is 0 Å². The monoisotopic (exact) mass is 413 g/mol. The van der Waals surface area contributed by atoms with Crippen LogP contribution in [0.15, 0.2) is 34.8 Å². The molecule has 2 rings (SSSR count). The van der Waals surface area contributed by atoms with E-state index in [2.05, 4.69) is 21.2 Å². The van der Waals surface area contributed by atoms with Crippen molar-refractivity contribution in [2.24, 2.45) is 0 Å². The molecule has 0 saturated heterocycles. The van der Waals surface area contributed by atoms with Crippen LogP contribution in [0.5, 0.6) is 17.2 Å². The molecule has 0 fully saturated rings. The van der Waals surface area contributed by atoms with Gasteiger partial charge in [-0.2, -0.15) is 0 Å². The summed E-state index contributed by atoms with van der Waals surface area (Å²) in [6, 6.07) is 8.62. The highest BCUT2D eigenvalue weighted by atomic mass is 79.9. The van der Waals surface area contributed by atoms with Crippen LogP contribution in [0.4, 0.5) is 0 Å². The van der Waals surface area contributed by atoms with Gasteiger partial charge in [0.05, 0.1) is 26.9 Å². The maximum Gasteiger partial charge on any atom is 0.255 e. The van der Waals surface area contributed by atoms with Crippen molar-refractivity contribution < 1.29 is 19.0 Å². The fourth-order valence-corrected chi connectivity index (χ4v) is 2.74. The lowest BCUT2D eigenvalue weighted by Crippen LogP contribution is -2.23. The minimum absolute atomic E-state index is 0.244. The van der Waals surface area contributed by atoms with Crippen molar-refractivity contribution in [1.29, 1.82) is 0 Å². The van der Waals surface area contributed by atoms with Crippen LogP contribution in [0.25, 0.3) is 0 Å². The average molecular weight is 415 g/mol. The number of carbonyl (C=O) groups excluding carboxylic acids is 1. The molecule has 24 heavy (non-hydrogen) atoms. The van der Waals surface area contributed by atoms with Crippen molar-refractivity contribution in [1.82, 2.24) is 5.32 Å². The summed E-state index contributed by atoms with van der Waals surface area (Å²) in [6.07, 6.45) is 0. The van der Waals surface area contributed by atoms with Crippen LogP contribution in [0.3, 0.4) is 0 Å². The molecule has 0 radical (unpaired) electrons. The zero-order valence-corrected chi connectivity index (χ0v) is 15.8. The van der Waals surface area contributed by atoms with E-state index < -0.39 is 0 Å². The fraction of sp³-hybridized carbons (Fsp3) is 0.235. The zero-order valence-electron chi connectivity index (χ0n) is 13.5. The van der Waals surface area contributed by atoms with Crippen LogP contribution >= 0.6 is 27.5 Å². The van der Waals surface area contributed by atoms with Gasteiger partial charge in [-0.3, -0.25) is 4.79 Å². The topological polar surface area (TPSA) is 56.8 Å². The number of methoxy groups -OCH3 is 3. The molecule has 0 bridgehead atoms. The largest absolute Gasteiger partial charge is 0.496 e. The highest BCUT2D eigenvalue weighted by molar-refractivity contribution is 9.10. The molecular weight excluding hydrogens is 398 g/mol. The second-order valence-electron chi connectivity index (χ2n) is 4.83. The van der Waals surface area contributed by atoms with Crippen molar-refractivity contribution in [3.8, 4) is 17.2 Å². The number of rotatable bonds is 6. The number of hydrogen-bond acceptors (Lipinski definition) is 4. The fourth-order valence-electron chi connectivity index (χ4n) is 2.16. The second-order valence-corrected chi connectivity index (χ2v) is 6.15. The minimum Gasteiger partial charge on any atom is -0.496 e. The third kappa shape index (κ3) is 4.13. The number of ether oxygens (including phenoxy) is 3. The Balaban J connectivity index is 2.19. The Hall–Kier alpha value is -1.92. The van der Waals surface area contributed by atoms with Gasteiger partial charge in [0, 0.05) is 22.1 Å². The highest BCUT2D eigenvalue weighted by Crippen LogP contribution is 2.33. The van der Waals surface area contributed by atoms with Crippen LogP contribution in [0.1, 0.15) is 15.9 Å². The predicted octanol–water partition coefficient (Wildman–Crippen LogP) is 4.06. The summed E-state index contributed by atoms with van der Waals surface area (Å²) in [4.78, 5) is 12.4. The van der Waals surface area contributed by atoms with Crippen LogP contribution < -0.4 is 19.5 Å². The molecule has 1 N–H and O–H groups in total. The molecular formula is C17H17BrClNO4. The summed E-state index contributed by atoms with van der Waals surface area (Å²) < 4.78 is 16.5. The lowest BCUT2D eigenvalue weighted by molar-refractivity contribution is 0.0948. The van der Waals surface area contributed by atoms with E-state index in [-0.39, 0.29) is 12.5 Å². The molecule has 5 nitrogen and oxygen atoms in total. The van der Waals surface area contributed by atoms with E-state index in [0.717, 1.165) is 10.0 Å². The highest BCUT2D eigenvalue weighted by Gasteiger charge is 2.15. The molecule has 0 saturated carbocycles. The molecule has 2 aromatic carbocycles. The average Bonchev–Trinajstić information content (AvgIpc) is 2.59. The van der Waals surface area contributed by atoms with E-state index in [0.29, 0.717) is 27.8 Å². The van der Waals surface area contributed by atoms with E-state index in [4.69, 9.17) is 25.8 Å². The quantitative estimate of drug-likeness (QED) is 0.774. The van der Waals surface area contributed by atoms with Crippen LogP contribution in [0, 0.1) is 0 Å². The van der Waals surface area contributed by atoms with Gasteiger partial charge >= 0.3 is 0 Å². The summed E-state index contributed by atoms with van der Waals surface area (Å²) in [5, 5.41) is 3.31. The van der Waals surface area contributed by atoms with E-state index in [1.165, 1.54) is 14.2 Å². The van der Waals surface area contributed by atoms with Crippen molar-refractivity contribution in [2.75, 3.05) is 21.3 Å². The molecule has 0 aliphatic rings. The van der Waals surface area contributed by atoms with E-state index in [1.54, 1.807) is 37.4 Å². The Morgan fingerprint density at radius 3 is 2.29 bits per heavy atom. The predicted molar refractivity (Wildman–Crippen MR) is 96.4 cm³/mol. The number of nitrogens with one attached hydrogen (secondary N) is 1. The van der Waals surface area contributed by atoms with E-state index in [9.17, 15) is 4.79 Å². The first-order chi connectivity index (χ1) is 11.5. The maximum atomic E-state index is 12.4. The van der Waals surface area contributed by atoms with Crippen LogP contribution in [0.2, 0.25) is 5.02 Å². The molecule has 0 aliphatic carbocycles. The van der Waals surface area contributed by atoms with E-state index >= 15 is 0 Å². The first-order valence-electron chi connectivity index (χ1n) is 7.02. The number of amides is 1. The normalized spacial score (nSPS) is 10.2. The first kappa shape index (κ1) is 18.4. The Morgan fingerprint density at radius 1 is 1.04 bits per heavy atom. The van der Waals surface area contributed by atoms with Gasteiger partial charge < -0.3 is 19.5 Å². The van der Waals surface area contributed by atoms with E-state index in [1.807, 2.05) is 0 Å². The minimum atomic E-state index is -0.265. The first-order valence-corrected chi connectivity index (χ1v) is 8.19. The van der Waals surface area contributed by atoms with Crippen LogP contribution in [-0.4, -0.2) is 27.2 Å². The molecule has 7 heteroatoms. The van der Waals surface area contributed by atoms with Crippen molar-refractivity contribution in [2.45, 2.75) is 6.54 Å². The standard InChI is InChI=1S/C17H17BrClNO4/c1-22-14-5-4-11(18)7-12(14)17(21)20-9-10-6-15(23-2)16(24-3)8-13(10)19/h4-8H,9H2,1-3H3,(H,20,21). The molecule has 0 spiro atoms. The van der Waals surface area contributed by atoms with Gasteiger partial charge in [0.2, 0.25) is 0 Å². The van der Waals surface area contributed by atoms with Gasteiger partial charge in [0.15, 0.2) is 11.5 Å². The number of carbonyl (C=O) groups is 1. The maximum absolute atomic E-state index is 12.4. The lowest BCUT2D eigenvalue weighted by Gasteiger charge is -2.13. The molecule has 0 aliphatic heterocycles. The van der Waals surface area contributed by atoms with Gasteiger partial charge in [-0.1, -0.05) is 27.5 Å². The third-order valence-corrected chi connectivity index (χ3v) is 4.24. The van der Waals surface area contributed by atoms with Crippen LogP contribution in [-0.2, 0) is 6.54 Å². The van der Waals surface area contributed by atoms with Gasteiger partial charge in [-0.25, -0.2) is 0 Å². The van der Waals surface area contributed by atoms with Gasteiger partial charge in [0.25, 0.3) is 5.91 Å². The smallest absolute Gasteiger partial charge is 0.255 e. The molecule has 0 aromatic heterocycles. The number of hydrogen-bond donors (Lipinski definition) is 1. The lowest BCUT2D eigenvalue weighted by atomic mass is 10.1. The molecule has 2 aromatic rings. The number of halogens is 2. The zero-order chi connectivity index (χ0) is 17.7. The Kier molecular flexibility index (Phi) is 6.34.